The van der Waals surface area contributed by atoms with Crippen LogP contribution in [0.4, 0.5) is 5.82 Å². The summed E-state index contributed by atoms with van der Waals surface area (Å²) in [5.74, 6) is 0.391. The predicted molar refractivity (Wildman–Crippen MR) is 69.9 cm³/mol. The molecule has 0 saturated heterocycles. The molecule has 18 heavy (non-hydrogen) atoms. The van der Waals surface area contributed by atoms with E-state index in [1.54, 1.807) is 26.2 Å². The summed E-state index contributed by atoms with van der Waals surface area (Å²) in [4.78, 5) is 15.7. The number of esters is 1. The van der Waals surface area contributed by atoms with Gasteiger partial charge in [0.25, 0.3) is 0 Å². The molecule has 0 radical (unpaired) electrons. The van der Waals surface area contributed by atoms with Crippen molar-refractivity contribution in [3.8, 4) is 0 Å². The first-order chi connectivity index (χ1) is 8.58. The summed E-state index contributed by atoms with van der Waals surface area (Å²) in [7, 11) is 3.04. The van der Waals surface area contributed by atoms with Crippen LogP contribution in [0, 0.1) is 6.92 Å². The molecule has 0 saturated carbocycles. The lowest BCUT2D eigenvalue weighted by Gasteiger charge is -2.14. The summed E-state index contributed by atoms with van der Waals surface area (Å²) in [6.07, 6.45) is 0.899. The van der Waals surface area contributed by atoms with Crippen LogP contribution in [-0.4, -0.2) is 37.8 Å². The lowest BCUT2D eigenvalue weighted by molar-refractivity contribution is 0.0599. The number of ether oxygens (including phenoxy) is 2. The third kappa shape index (κ3) is 4.00. The predicted octanol–water partition coefficient (Wildman–Crippen LogP) is 2.01. The Hall–Kier alpha value is -1.62. The Morgan fingerprint density at radius 2 is 2.17 bits per heavy atom. The highest BCUT2D eigenvalue weighted by Gasteiger charge is 2.11. The highest BCUT2D eigenvalue weighted by Crippen LogP contribution is 2.13. The second-order valence-electron chi connectivity index (χ2n) is 4.15. The molecule has 1 heterocycles. The van der Waals surface area contributed by atoms with Crippen molar-refractivity contribution in [1.29, 1.82) is 0 Å². The Kier molecular flexibility index (Phi) is 5.58. The van der Waals surface area contributed by atoms with Gasteiger partial charge in [-0.15, -0.1) is 0 Å². The summed E-state index contributed by atoms with van der Waals surface area (Å²) in [6.45, 7) is 4.55. The van der Waals surface area contributed by atoms with Gasteiger partial charge in [-0.05, 0) is 32.4 Å². The fraction of sp³-hybridized carbons (Fsp3) is 0.538. The van der Waals surface area contributed by atoms with E-state index in [2.05, 4.69) is 22.0 Å². The van der Waals surface area contributed by atoms with Crippen LogP contribution in [0.3, 0.4) is 0 Å². The zero-order valence-corrected chi connectivity index (χ0v) is 11.3. The van der Waals surface area contributed by atoms with Gasteiger partial charge < -0.3 is 14.8 Å². The molecule has 0 fully saturated rings. The zero-order chi connectivity index (χ0) is 13.5. The number of methoxy groups -OCH3 is 2. The van der Waals surface area contributed by atoms with Crippen LogP contribution in [-0.2, 0) is 9.47 Å². The number of pyridine rings is 1. The van der Waals surface area contributed by atoms with E-state index in [9.17, 15) is 4.79 Å². The van der Waals surface area contributed by atoms with Gasteiger partial charge in [0.15, 0.2) is 0 Å². The average Bonchev–Trinajstić information content (AvgIpc) is 2.35. The third-order valence-electron chi connectivity index (χ3n) is 2.64. The van der Waals surface area contributed by atoms with E-state index < -0.39 is 0 Å². The van der Waals surface area contributed by atoms with Gasteiger partial charge in [-0.2, -0.15) is 0 Å². The van der Waals surface area contributed by atoms with E-state index in [0.717, 1.165) is 12.2 Å². The average molecular weight is 252 g/mol. The number of hydrogen-bond acceptors (Lipinski definition) is 5. The standard InChI is InChI=1S/C13H20N2O3/c1-9(7-8-17-3)14-12-6-5-11(10(2)15-12)13(16)18-4/h5-6,9H,7-8H2,1-4H3,(H,14,15). The molecule has 0 aliphatic carbocycles. The van der Waals surface area contributed by atoms with Gasteiger partial charge in [0.2, 0.25) is 0 Å². The lowest BCUT2D eigenvalue weighted by Crippen LogP contribution is -2.18. The van der Waals surface area contributed by atoms with Gasteiger partial charge in [0.1, 0.15) is 5.82 Å². The Labute approximate surface area is 108 Å². The maximum atomic E-state index is 11.4. The van der Waals surface area contributed by atoms with Crippen LogP contribution in [0.1, 0.15) is 29.4 Å². The molecule has 1 aromatic rings. The SMILES string of the molecule is COCCC(C)Nc1ccc(C(=O)OC)c(C)n1. The molecule has 0 aliphatic heterocycles. The van der Waals surface area contributed by atoms with E-state index in [-0.39, 0.29) is 12.0 Å². The Balaban J connectivity index is 2.69. The van der Waals surface area contributed by atoms with Crippen LogP contribution in [0.2, 0.25) is 0 Å². The van der Waals surface area contributed by atoms with Crippen molar-refractivity contribution < 1.29 is 14.3 Å². The van der Waals surface area contributed by atoms with Gasteiger partial charge in [-0.3, -0.25) is 0 Å². The van der Waals surface area contributed by atoms with Crippen LogP contribution < -0.4 is 5.32 Å². The second-order valence-corrected chi connectivity index (χ2v) is 4.15. The van der Waals surface area contributed by atoms with E-state index >= 15 is 0 Å². The quantitative estimate of drug-likeness (QED) is 0.785. The smallest absolute Gasteiger partial charge is 0.339 e. The number of nitrogens with zero attached hydrogens (tertiary/aromatic N) is 1. The van der Waals surface area contributed by atoms with Crippen molar-refractivity contribution in [2.45, 2.75) is 26.3 Å². The number of carbonyl (C=O) groups excluding carboxylic acids is 1. The molecule has 1 unspecified atom stereocenters. The number of carbonyl (C=O) groups is 1. The number of rotatable bonds is 6. The van der Waals surface area contributed by atoms with Crippen molar-refractivity contribution in [3.63, 3.8) is 0 Å². The van der Waals surface area contributed by atoms with Crippen LogP contribution in [0.15, 0.2) is 12.1 Å². The highest BCUT2D eigenvalue weighted by atomic mass is 16.5. The number of aromatic nitrogens is 1. The monoisotopic (exact) mass is 252 g/mol. The van der Waals surface area contributed by atoms with Crippen LogP contribution in [0.25, 0.3) is 0 Å². The first kappa shape index (κ1) is 14.4. The molecule has 5 heteroatoms. The van der Waals surface area contributed by atoms with Gasteiger partial charge in [-0.25, -0.2) is 9.78 Å². The third-order valence-corrected chi connectivity index (χ3v) is 2.64. The fourth-order valence-corrected chi connectivity index (χ4v) is 1.59. The van der Waals surface area contributed by atoms with Gasteiger partial charge in [-0.1, -0.05) is 0 Å². The molecule has 5 nitrogen and oxygen atoms in total. The molecule has 1 atom stereocenters. The summed E-state index contributed by atoms with van der Waals surface area (Å²) in [6, 6.07) is 3.77. The number of anilines is 1. The molecule has 1 rings (SSSR count). The summed E-state index contributed by atoms with van der Waals surface area (Å²) < 4.78 is 9.69. The van der Waals surface area contributed by atoms with Crippen molar-refractivity contribution in [1.82, 2.24) is 4.98 Å². The van der Waals surface area contributed by atoms with E-state index in [4.69, 9.17) is 4.74 Å². The van der Waals surface area contributed by atoms with Crippen molar-refractivity contribution in [2.75, 3.05) is 26.1 Å². The number of nitrogens with one attached hydrogen (secondary N) is 1. The topological polar surface area (TPSA) is 60.5 Å². The molecule has 0 aliphatic rings. The zero-order valence-electron chi connectivity index (χ0n) is 11.3. The minimum Gasteiger partial charge on any atom is -0.465 e. The second kappa shape index (κ2) is 6.96. The maximum Gasteiger partial charge on any atom is 0.339 e. The van der Waals surface area contributed by atoms with Crippen LogP contribution in [0.5, 0.6) is 0 Å². The molecule has 0 bridgehead atoms. The summed E-state index contributed by atoms with van der Waals surface area (Å²) >= 11 is 0. The summed E-state index contributed by atoms with van der Waals surface area (Å²) in [5, 5.41) is 3.26. The number of aryl methyl sites for hydroxylation is 1. The molecule has 0 amide bonds. The van der Waals surface area contributed by atoms with Gasteiger partial charge in [0, 0.05) is 19.8 Å². The minimum absolute atomic E-state index is 0.265. The molecule has 100 valence electrons. The van der Waals surface area contributed by atoms with E-state index in [1.807, 2.05) is 0 Å². The van der Waals surface area contributed by atoms with Crippen molar-refractivity contribution in [3.05, 3.63) is 23.4 Å². The largest absolute Gasteiger partial charge is 0.465 e. The van der Waals surface area contributed by atoms with E-state index in [1.165, 1.54) is 7.11 Å². The lowest BCUT2D eigenvalue weighted by atomic mass is 10.2. The van der Waals surface area contributed by atoms with Crippen LogP contribution >= 0.6 is 0 Å². The first-order valence-corrected chi connectivity index (χ1v) is 5.90. The number of hydrogen-bond donors (Lipinski definition) is 1. The molecular weight excluding hydrogens is 232 g/mol. The molecule has 0 spiro atoms. The highest BCUT2D eigenvalue weighted by molar-refractivity contribution is 5.90. The fourth-order valence-electron chi connectivity index (χ4n) is 1.59. The molecule has 1 N–H and O–H groups in total. The Morgan fingerprint density at radius 3 is 2.72 bits per heavy atom. The minimum atomic E-state index is -0.362. The van der Waals surface area contributed by atoms with Crippen molar-refractivity contribution in [2.24, 2.45) is 0 Å². The Bertz CT molecular complexity index is 407. The first-order valence-electron chi connectivity index (χ1n) is 5.90. The summed E-state index contributed by atoms with van der Waals surface area (Å²) in [5.41, 5.74) is 1.15. The van der Waals surface area contributed by atoms with Gasteiger partial charge in [0.05, 0.1) is 18.4 Å². The van der Waals surface area contributed by atoms with Crippen molar-refractivity contribution >= 4 is 11.8 Å². The molecule has 1 aromatic heterocycles. The molecular formula is C13H20N2O3. The molecule has 0 aromatic carbocycles. The maximum absolute atomic E-state index is 11.4. The van der Waals surface area contributed by atoms with E-state index in [0.29, 0.717) is 17.9 Å². The normalized spacial score (nSPS) is 12.0. The van der Waals surface area contributed by atoms with Gasteiger partial charge >= 0.3 is 5.97 Å². The Morgan fingerprint density at radius 1 is 1.44 bits per heavy atom.